The molecule has 69 heavy (non-hydrogen) atoms. The lowest BCUT2D eigenvalue weighted by molar-refractivity contribution is -0.147. The van der Waals surface area contributed by atoms with E-state index in [1.54, 1.807) is 99.1 Å². The number of methoxy groups -OCH3 is 3. The van der Waals surface area contributed by atoms with Crippen LogP contribution in [0.25, 0.3) is 0 Å². The monoisotopic (exact) mass is 1030 g/mol. The van der Waals surface area contributed by atoms with Crippen molar-refractivity contribution in [3.8, 4) is 0 Å². The Morgan fingerprint density at radius 3 is 1.23 bits per heavy atom. The second-order valence-electron chi connectivity index (χ2n) is 17.3. The molecule has 4 amide bonds. The number of hydrogen-bond donors (Lipinski definition) is 5. The van der Waals surface area contributed by atoms with Crippen molar-refractivity contribution < 1.29 is 48.1 Å². The molecular formula is C51H58Cl4N4O10. The van der Waals surface area contributed by atoms with Crippen LogP contribution in [0.15, 0.2) is 84.9 Å². The maximum atomic E-state index is 13.2. The molecule has 18 heteroatoms. The first-order valence-corrected chi connectivity index (χ1v) is 24.2. The molecule has 2 unspecified atom stereocenters. The number of benzene rings is 4. The van der Waals surface area contributed by atoms with Gasteiger partial charge in [0, 0.05) is 51.6 Å². The summed E-state index contributed by atoms with van der Waals surface area (Å²) < 4.78 is 15.3. The predicted molar refractivity (Wildman–Crippen MR) is 267 cm³/mol. The molecule has 0 saturated heterocycles. The van der Waals surface area contributed by atoms with Crippen molar-refractivity contribution in [3.63, 3.8) is 0 Å². The summed E-state index contributed by atoms with van der Waals surface area (Å²) in [4.78, 5) is 75.8. The van der Waals surface area contributed by atoms with E-state index in [-0.39, 0.29) is 55.9 Å². The average molecular weight is 1030 g/mol. The molecule has 2 atom stereocenters. The molecule has 0 radical (unpaired) electrons. The summed E-state index contributed by atoms with van der Waals surface area (Å²) in [7, 11) is 4.51. The highest BCUT2D eigenvalue weighted by atomic mass is 35.5. The van der Waals surface area contributed by atoms with E-state index in [9.17, 15) is 33.9 Å². The van der Waals surface area contributed by atoms with E-state index >= 15 is 0 Å². The van der Waals surface area contributed by atoms with Gasteiger partial charge in [0.05, 0.1) is 49.2 Å². The zero-order valence-electron chi connectivity index (χ0n) is 38.8. The number of amides is 4. The lowest BCUT2D eigenvalue weighted by Crippen LogP contribution is -2.49. The fourth-order valence-electron chi connectivity index (χ4n) is 8.77. The van der Waals surface area contributed by atoms with Gasteiger partial charge in [0.25, 0.3) is 11.8 Å². The molecule has 2 fully saturated rings. The van der Waals surface area contributed by atoms with Gasteiger partial charge in [0.15, 0.2) is 0 Å². The fourth-order valence-corrected chi connectivity index (χ4v) is 9.91. The third-order valence-corrected chi connectivity index (χ3v) is 14.0. The molecule has 4 aromatic rings. The van der Waals surface area contributed by atoms with Crippen LogP contribution in [0.1, 0.15) is 96.1 Å². The van der Waals surface area contributed by atoms with E-state index in [4.69, 9.17) is 60.6 Å². The molecular weight excluding hydrogens is 970 g/mol. The van der Waals surface area contributed by atoms with Crippen LogP contribution in [0, 0.1) is 10.8 Å². The van der Waals surface area contributed by atoms with Gasteiger partial charge in [0.1, 0.15) is 12.1 Å². The number of hydrogen-bond acceptors (Lipinski definition) is 9. The van der Waals surface area contributed by atoms with Gasteiger partial charge in [-0.25, -0.2) is 9.59 Å². The van der Waals surface area contributed by atoms with Crippen molar-refractivity contribution in [2.45, 2.75) is 89.1 Å². The number of carbonyl (C=O) groups is 6. The van der Waals surface area contributed by atoms with E-state index in [0.717, 1.165) is 56.9 Å². The minimum Gasteiger partial charge on any atom is -0.480 e. The van der Waals surface area contributed by atoms with Crippen LogP contribution in [0.3, 0.4) is 0 Å². The smallest absolute Gasteiger partial charge is 0.328 e. The van der Waals surface area contributed by atoms with Gasteiger partial charge >= 0.3 is 11.9 Å². The third kappa shape index (κ3) is 14.9. The largest absolute Gasteiger partial charge is 0.480 e. The Bertz CT molecular complexity index is 2380. The van der Waals surface area contributed by atoms with Gasteiger partial charge in [-0.15, -0.1) is 0 Å². The van der Waals surface area contributed by atoms with E-state index < -0.39 is 46.7 Å². The number of anilines is 2. The number of halogens is 4. The van der Waals surface area contributed by atoms with Crippen molar-refractivity contribution in [2.75, 3.05) is 45.2 Å². The average Bonchev–Trinajstić information content (AvgIpc) is 4.03. The normalized spacial score (nSPS) is 15.4. The first-order chi connectivity index (χ1) is 33.0. The minimum absolute atomic E-state index is 0.117. The van der Waals surface area contributed by atoms with Gasteiger partial charge in [0.2, 0.25) is 11.8 Å². The molecule has 0 aromatic heterocycles. The van der Waals surface area contributed by atoms with Gasteiger partial charge in [-0.05, 0) is 98.2 Å². The lowest BCUT2D eigenvalue weighted by Gasteiger charge is -2.29. The summed E-state index contributed by atoms with van der Waals surface area (Å²) in [5.41, 5.74) is 1.84. The highest BCUT2D eigenvalue weighted by molar-refractivity contribution is 6.41. The second-order valence-corrected chi connectivity index (χ2v) is 18.9. The Morgan fingerprint density at radius 2 is 0.899 bits per heavy atom. The second kappa shape index (κ2) is 26.1. The van der Waals surface area contributed by atoms with Crippen LogP contribution in [0.5, 0.6) is 0 Å². The first-order valence-electron chi connectivity index (χ1n) is 22.6. The fraction of sp³-hybridized carbons (Fsp3) is 0.412. The number of nitrogens with one attached hydrogen (secondary N) is 4. The van der Waals surface area contributed by atoms with E-state index in [2.05, 4.69) is 21.3 Å². The number of rotatable bonds is 20. The van der Waals surface area contributed by atoms with Crippen LogP contribution < -0.4 is 21.3 Å². The summed E-state index contributed by atoms with van der Waals surface area (Å²) in [6.45, 7) is 0.945. The highest BCUT2D eigenvalue weighted by Gasteiger charge is 2.43. The van der Waals surface area contributed by atoms with Crippen molar-refractivity contribution in [1.29, 1.82) is 0 Å². The molecule has 0 bridgehead atoms. The summed E-state index contributed by atoms with van der Waals surface area (Å²) in [6, 6.07) is 21.5. The first kappa shape index (κ1) is 54.7. The molecule has 370 valence electrons. The van der Waals surface area contributed by atoms with Crippen molar-refractivity contribution in [2.24, 2.45) is 10.8 Å². The molecule has 0 aliphatic heterocycles. The molecule has 14 nitrogen and oxygen atoms in total. The summed E-state index contributed by atoms with van der Waals surface area (Å²) >= 11 is 24.4. The van der Waals surface area contributed by atoms with E-state index in [0.29, 0.717) is 43.0 Å². The Hall–Kier alpha value is -5.22. The molecule has 0 spiro atoms. The zero-order chi connectivity index (χ0) is 50.1. The van der Waals surface area contributed by atoms with Gasteiger partial charge in [-0.2, -0.15) is 0 Å². The Labute approximate surface area is 422 Å². The van der Waals surface area contributed by atoms with Crippen LogP contribution in [0.4, 0.5) is 11.4 Å². The van der Waals surface area contributed by atoms with Crippen LogP contribution >= 0.6 is 46.4 Å². The molecule has 2 saturated carbocycles. The standard InChI is InChI=1S/C26H30Cl2N2O5.C25H28Cl2N2O5/c1-34-15-14-26(12-3-4-13-26)25(33)30-21(24(32)35-2)16-17-8-10-18(11-9-17)29-23(31)22-19(27)6-5-7-20(22)28;1-34-14-13-25(11-2-3-12-25)24(33)29-20(23(31)32)15-16-7-9-17(10-8-16)28-22(30)21-18(26)5-4-6-19(21)27/h5-11,21H,3-4,12-16H2,1-2H3,(H,29,31)(H,30,33);4-10,20H,2-3,11-15H2,1H3,(H,28,30)(H,29,33)(H,31,32). The third-order valence-electron chi connectivity index (χ3n) is 12.7. The van der Waals surface area contributed by atoms with Gasteiger partial charge in [-0.1, -0.05) is 108 Å². The maximum absolute atomic E-state index is 13.2. The Morgan fingerprint density at radius 1 is 0.551 bits per heavy atom. The molecule has 5 N–H and O–H groups in total. The predicted octanol–water partition coefficient (Wildman–Crippen LogP) is 10.00. The Kier molecular flexibility index (Phi) is 20.7. The van der Waals surface area contributed by atoms with Crippen LogP contribution in [-0.2, 0) is 46.2 Å². The van der Waals surface area contributed by atoms with Crippen LogP contribution in [0.2, 0.25) is 20.1 Å². The van der Waals surface area contributed by atoms with Gasteiger partial charge in [-0.3, -0.25) is 19.2 Å². The SMILES string of the molecule is COCCC1(C(=O)NC(Cc2ccc(NC(=O)c3c(Cl)cccc3Cl)cc2)C(=O)O)CCCC1.COCCC1(C(=O)NC(Cc2ccc(NC(=O)c3c(Cl)cccc3Cl)cc2)C(=O)OC)CCCC1. The van der Waals surface area contributed by atoms with Crippen molar-refractivity contribution in [3.05, 3.63) is 127 Å². The maximum Gasteiger partial charge on any atom is 0.328 e. The summed E-state index contributed by atoms with van der Waals surface area (Å²) in [5.74, 6) is -2.84. The molecule has 0 heterocycles. The zero-order valence-corrected chi connectivity index (χ0v) is 41.8. The topological polar surface area (TPSA) is 198 Å². The lowest BCUT2D eigenvalue weighted by atomic mass is 9.81. The Balaban J connectivity index is 0.000000258. The number of carboxylic acid groups (broad SMARTS) is 1. The number of esters is 1. The number of carbonyl (C=O) groups excluding carboxylic acids is 5. The van der Waals surface area contributed by atoms with Crippen LogP contribution in [-0.4, -0.2) is 87.3 Å². The van der Waals surface area contributed by atoms with E-state index in [1.807, 2.05) is 0 Å². The van der Waals surface area contributed by atoms with E-state index in [1.165, 1.54) is 7.11 Å². The van der Waals surface area contributed by atoms with Gasteiger partial charge < -0.3 is 40.6 Å². The number of aliphatic carboxylic acids is 1. The number of ether oxygens (including phenoxy) is 3. The molecule has 2 aliphatic carbocycles. The summed E-state index contributed by atoms with van der Waals surface area (Å²) in [6.07, 6.45) is 8.44. The number of carboxylic acids is 1. The molecule has 6 rings (SSSR count). The molecule has 2 aliphatic rings. The van der Waals surface area contributed by atoms with Crippen molar-refractivity contribution >= 4 is 93.3 Å². The molecule has 4 aromatic carbocycles. The highest BCUT2D eigenvalue weighted by Crippen LogP contribution is 2.42. The van der Waals surface area contributed by atoms with Crippen molar-refractivity contribution in [1.82, 2.24) is 10.6 Å². The quantitative estimate of drug-likeness (QED) is 0.0531. The summed E-state index contributed by atoms with van der Waals surface area (Å²) in [5, 5.41) is 21.9. The minimum atomic E-state index is -1.10.